The number of carbonyl (C=O) groups excluding carboxylic acids is 1. The number of carboxylic acid groups (broad SMARTS) is 1. The molecule has 2 atom stereocenters. The lowest BCUT2D eigenvalue weighted by atomic mass is 10.2. The average Bonchev–Trinajstić information content (AvgIpc) is 2.09. The van der Waals surface area contributed by atoms with Crippen LogP contribution < -0.4 is 5.32 Å². The number of aliphatic hydroxyl groups excluding tert-OH is 2. The fraction of sp³-hybridized carbons (Fsp3) is 0.778. The van der Waals surface area contributed by atoms with Crippen molar-refractivity contribution in [2.24, 2.45) is 0 Å². The van der Waals surface area contributed by atoms with Gasteiger partial charge in [-0.1, -0.05) is 0 Å². The van der Waals surface area contributed by atoms with Gasteiger partial charge < -0.3 is 25.4 Å². The third kappa shape index (κ3) is 5.52. The van der Waals surface area contributed by atoms with Gasteiger partial charge >= 0.3 is 12.1 Å². The van der Waals surface area contributed by atoms with Crippen molar-refractivity contribution in [3.63, 3.8) is 0 Å². The molecule has 0 bridgehead atoms. The van der Waals surface area contributed by atoms with E-state index in [1.54, 1.807) is 20.8 Å². The van der Waals surface area contributed by atoms with E-state index in [1.807, 2.05) is 5.32 Å². The molecular formula is C9H17NO6. The fourth-order valence-corrected chi connectivity index (χ4v) is 0.862. The van der Waals surface area contributed by atoms with Gasteiger partial charge in [0.15, 0.2) is 6.04 Å². The predicted molar refractivity (Wildman–Crippen MR) is 53.9 cm³/mol. The first-order valence-electron chi connectivity index (χ1n) is 4.68. The van der Waals surface area contributed by atoms with Gasteiger partial charge in [0.1, 0.15) is 11.7 Å². The highest BCUT2D eigenvalue weighted by Crippen LogP contribution is 2.07. The lowest BCUT2D eigenvalue weighted by Gasteiger charge is -2.23. The van der Waals surface area contributed by atoms with Gasteiger partial charge in [0.05, 0.1) is 6.61 Å². The number of carbonyl (C=O) groups is 2. The van der Waals surface area contributed by atoms with E-state index in [-0.39, 0.29) is 0 Å². The number of carboxylic acids is 1. The van der Waals surface area contributed by atoms with Crippen LogP contribution >= 0.6 is 0 Å². The molecule has 0 aromatic rings. The van der Waals surface area contributed by atoms with E-state index in [1.165, 1.54) is 0 Å². The van der Waals surface area contributed by atoms with E-state index >= 15 is 0 Å². The number of nitrogens with one attached hydrogen (secondary N) is 1. The normalized spacial score (nSPS) is 15.1. The molecule has 0 heterocycles. The molecule has 7 heteroatoms. The summed E-state index contributed by atoms with van der Waals surface area (Å²) in [6.07, 6.45) is -2.54. The summed E-state index contributed by atoms with van der Waals surface area (Å²) in [4.78, 5) is 21.9. The van der Waals surface area contributed by atoms with E-state index in [2.05, 4.69) is 0 Å². The van der Waals surface area contributed by atoms with Crippen molar-refractivity contribution in [1.82, 2.24) is 5.32 Å². The smallest absolute Gasteiger partial charge is 0.408 e. The molecule has 0 rings (SSSR count). The first kappa shape index (κ1) is 14.7. The van der Waals surface area contributed by atoms with E-state index in [0.717, 1.165) is 0 Å². The van der Waals surface area contributed by atoms with Gasteiger partial charge in [-0.15, -0.1) is 0 Å². The first-order valence-corrected chi connectivity index (χ1v) is 4.68. The molecule has 0 spiro atoms. The van der Waals surface area contributed by atoms with Gasteiger partial charge in [-0.3, -0.25) is 0 Å². The second-order valence-corrected chi connectivity index (χ2v) is 4.21. The minimum atomic E-state index is -1.60. The van der Waals surface area contributed by atoms with Crippen molar-refractivity contribution in [1.29, 1.82) is 0 Å². The Hall–Kier alpha value is -1.34. The molecule has 16 heavy (non-hydrogen) atoms. The molecular weight excluding hydrogens is 218 g/mol. The summed E-state index contributed by atoms with van der Waals surface area (Å²) in [6.45, 7) is 4.08. The van der Waals surface area contributed by atoms with Crippen molar-refractivity contribution in [3.8, 4) is 0 Å². The van der Waals surface area contributed by atoms with Crippen molar-refractivity contribution in [3.05, 3.63) is 0 Å². The maximum atomic E-state index is 11.2. The largest absolute Gasteiger partial charge is 0.480 e. The number of alkyl carbamates (subject to hydrolysis) is 1. The molecule has 0 saturated heterocycles. The fourth-order valence-electron chi connectivity index (χ4n) is 0.862. The molecule has 0 aliphatic rings. The van der Waals surface area contributed by atoms with Crippen LogP contribution in [-0.2, 0) is 9.53 Å². The van der Waals surface area contributed by atoms with E-state index in [9.17, 15) is 9.59 Å². The Balaban J connectivity index is 4.42. The van der Waals surface area contributed by atoms with Crippen LogP contribution in [0.3, 0.4) is 0 Å². The lowest BCUT2D eigenvalue weighted by Crippen LogP contribution is -2.51. The summed E-state index contributed by atoms with van der Waals surface area (Å²) < 4.78 is 4.81. The second kappa shape index (κ2) is 5.66. The molecule has 2 unspecified atom stereocenters. The van der Waals surface area contributed by atoms with Crippen molar-refractivity contribution in [2.75, 3.05) is 6.61 Å². The number of rotatable bonds is 4. The number of hydrogen-bond acceptors (Lipinski definition) is 5. The zero-order valence-electron chi connectivity index (χ0n) is 9.43. The van der Waals surface area contributed by atoms with E-state index in [4.69, 9.17) is 20.1 Å². The summed E-state index contributed by atoms with van der Waals surface area (Å²) >= 11 is 0. The van der Waals surface area contributed by atoms with E-state index in [0.29, 0.717) is 0 Å². The molecule has 0 aromatic carbocycles. The zero-order valence-corrected chi connectivity index (χ0v) is 9.43. The van der Waals surface area contributed by atoms with Crippen LogP contribution in [0.15, 0.2) is 0 Å². The van der Waals surface area contributed by atoms with Crippen LogP contribution in [-0.4, -0.2) is 51.7 Å². The summed E-state index contributed by atoms with van der Waals surface area (Å²) in [5.41, 5.74) is -0.767. The highest BCUT2D eigenvalue weighted by molar-refractivity contribution is 5.80. The molecule has 4 N–H and O–H groups in total. The molecule has 0 aliphatic carbocycles. The molecule has 0 saturated carbocycles. The molecule has 0 aromatic heterocycles. The molecule has 0 fully saturated rings. The Morgan fingerprint density at radius 2 is 1.88 bits per heavy atom. The summed E-state index contributed by atoms with van der Waals surface area (Å²) in [5.74, 6) is -1.45. The van der Waals surface area contributed by atoms with Crippen molar-refractivity contribution < 1.29 is 29.6 Å². The second-order valence-electron chi connectivity index (χ2n) is 4.21. The summed E-state index contributed by atoms with van der Waals surface area (Å²) in [7, 11) is 0. The number of amides is 1. The van der Waals surface area contributed by atoms with Crippen molar-refractivity contribution >= 4 is 12.1 Å². The van der Waals surface area contributed by atoms with Gasteiger partial charge in [0.2, 0.25) is 0 Å². The third-order valence-corrected chi connectivity index (χ3v) is 1.51. The maximum absolute atomic E-state index is 11.2. The SMILES string of the molecule is CC(C)(C)OC(=O)NC(C(=O)O)C(O)CO. The standard InChI is InChI=1S/C9H17NO6/c1-9(2,3)16-8(15)10-6(7(13)14)5(12)4-11/h5-6,11-12H,4H2,1-3H3,(H,10,15)(H,13,14). The number of aliphatic hydroxyl groups is 2. The van der Waals surface area contributed by atoms with Crippen LogP contribution in [0.2, 0.25) is 0 Å². The van der Waals surface area contributed by atoms with Gasteiger partial charge in [-0.25, -0.2) is 9.59 Å². The number of hydrogen-bond donors (Lipinski definition) is 4. The number of aliphatic carboxylic acids is 1. The Bertz CT molecular complexity index is 259. The van der Waals surface area contributed by atoms with Crippen LogP contribution in [0.5, 0.6) is 0 Å². The van der Waals surface area contributed by atoms with Gasteiger partial charge in [0.25, 0.3) is 0 Å². The highest BCUT2D eigenvalue weighted by atomic mass is 16.6. The topological polar surface area (TPSA) is 116 Å². The molecule has 0 radical (unpaired) electrons. The average molecular weight is 235 g/mol. The summed E-state index contributed by atoms with van der Waals surface area (Å²) in [5, 5.41) is 28.4. The van der Waals surface area contributed by atoms with Crippen LogP contribution in [0.1, 0.15) is 20.8 Å². The Morgan fingerprint density at radius 1 is 1.38 bits per heavy atom. The Labute approximate surface area is 93.0 Å². The van der Waals surface area contributed by atoms with Gasteiger partial charge in [-0.05, 0) is 20.8 Å². The highest BCUT2D eigenvalue weighted by Gasteiger charge is 2.29. The molecule has 0 aliphatic heterocycles. The van der Waals surface area contributed by atoms with Crippen LogP contribution in [0.25, 0.3) is 0 Å². The monoisotopic (exact) mass is 235 g/mol. The van der Waals surface area contributed by atoms with Gasteiger partial charge in [0, 0.05) is 0 Å². The molecule has 1 amide bonds. The predicted octanol–water partition coefficient (Wildman–Crippen LogP) is -0.682. The van der Waals surface area contributed by atoms with E-state index < -0.39 is 36.4 Å². The first-order chi connectivity index (χ1) is 7.17. The minimum Gasteiger partial charge on any atom is -0.480 e. The lowest BCUT2D eigenvalue weighted by molar-refractivity contribution is -0.143. The maximum Gasteiger partial charge on any atom is 0.408 e. The zero-order chi connectivity index (χ0) is 12.9. The van der Waals surface area contributed by atoms with Crippen LogP contribution in [0, 0.1) is 0 Å². The minimum absolute atomic E-state index is 0.767. The quantitative estimate of drug-likeness (QED) is 0.513. The van der Waals surface area contributed by atoms with Crippen LogP contribution in [0.4, 0.5) is 4.79 Å². The molecule has 94 valence electrons. The number of ether oxygens (including phenoxy) is 1. The summed E-state index contributed by atoms with van der Waals surface area (Å²) in [6, 6.07) is -1.60. The van der Waals surface area contributed by atoms with Crippen molar-refractivity contribution in [2.45, 2.75) is 38.5 Å². The Morgan fingerprint density at radius 3 is 2.19 bits per heavy atom. The van der Waals surface area contributed by atoms with Gasteiger partial charge in [-0.2, -0.15) is 0 Å². The third-order valence-electron chi connectivity index (χ3n) is 1.51. The molecule has 7 nitrogen and oxygen atoms in total. The Kier molecular flexibility index (Phi) is 5.19.